The number of carbonyl (C=O) groups excluding carboxylic acids is 1. The van der Waals surface area contributed by atoms with Gasteiger partial charge in [-0.3, -0.25) is 4.79 Å². The summed E-state index contributed by atoms with van der Waals surface area (Å²) in [6, 6.07) is 5.67. The van der Waals surface area contributed by atoms with Crippen LogP contribution in [0, 0.1) is 0 Å². The van der Waals surface area contributed by atoms with Gasteiger partial charge >= 0.3 is 0 Å². The Hall–Kier alpha value is -1.37. The van der Waals surface area contributed by atoms with Gasteiger partial charge in [-0.15, -0.1) is 12.4 Å². The van der Waals surface area contributed by atoms with Gasteiger partial charge in [0.05, 0.1) is 22.9 Å². The lowest BCUT2D eigenvalue weighted by Gasteiger charge is -2.31. The van der Waals surface area contributed by atoms with Crippen molar-refractivity contribution in [1.82, 2.24) is 4.98 Å². The lowest BCUT2D eigenvalue weighted by molar-refractivity contribution is -0.122. The van der Waals surface area contributed by atoms with Crippen LogP contribution >= 0.6 is 23.7 Å². The molecule has 1 aromatic heterocycles. The van der Waals surface area contributed by atoms with Crippen molar-refractivity contribution in [1.29, 1.82) is 0 Å². The predicted molar refractivity (Wildman–Crippen MR) is 92.1 cm³/mol. The molecule has 120 valence electrons. The molecular formula is C15H20ClN3O2S. The first-order valence-electron chi connectivity index (χ1n) is 7.16. The summed E-state index contributed by atoms with van der Waals surface area (Å²) in [4.78, 5) is 16.8. The van der Waals surface area contributed by atoms with Gasteiger partial charge in [0.25, 0.3) is 0 Å². The number of nitrogens with zero attached hydrogens (tertiary/aromatic N) is 1. The third-order valence-corrected chi connectivity index (χ3v) is 4.95. The Balaban J connectivity index is 0.00000176. The summed E-state index contributed by atoms with van der Waals surface area (Å²) in [5.41, 5.74) is 6.35. The van der Waals surface area contributed by atoms with Crippen molar-refractivity contribution in [2.75, 3.05) is 12.4 Å². The Morgan fingerprint density at radius 1 is 1.36 bits per heavy atom. The maximum atomic E-state index is 12.4. The van der Waals surface area contributed by atoms with Gasteiger partial charge < -0.3 is 15.8 Å². The third-order valence-electron chi connectivity index (χ3n) is 4.01. The van der Waals surface area contributed by atoms with Crippen LogP contribution in [-0.2, 0) is 4.79 Å². The van der Waals surface area contributed by atoms with Gasteiger partial charge in [0.1, 0.15) is 5.75 Å². The van der Waals surface area contributed by atoms with Crippen LogP contribution in [0.1, 0.15) is 32.1 Å². The molecule has 1 amide bonds. The van der Waals surface area contributed by atoms with Crippen molar-refractivity contribution in [2.45, 2.75) is 37.6 Å². The second kappa shape index (κ2) is 6.81. The van der Waals surface area contributed by atoms with Gasteiger partial charge in [0.2, 0.25) is 5.91 Å². The number of halogens is 1. The monoisotopic (exact) mass is 341 g/mol. The van der Waals surface area contributed by atoms with E-state index < -0.39 is 5.54 Å². The topological polar surface area (TPSA) is 77.2 Å². The van der Waals surface area contributed by atoms with E-state index in [9.17, 15) is 4.79 Å². The second-order valence-corrected chi connectivity index (χ2v) is 6.55. The fourth-order valence-corrected chi connectivity index (χ4v) is 3.61. The highest BCUT2D eigenvalue weighted by molar-refractivity contribution is 7.22. The summed E-state index contributed by atoms with van der Waals surface area (Å²) in [5, 5.41) is 3.48. The molecule has 1 aliphatic rings. The maximum Gasteiger partial charge on any atom is 0.246 e. The van der Waals surface area contributed by atoms with Crippen LogP contribution in [0.25, 0.3) is 10.2 Å². The fourth-order valence-electron chi connectivity index (χ4n) is 2.72. The number of hydrogen-bond donors (Lipinski definition) is 2. The van der Waals surface area contributed by atoms with E-state index >= 15 is 0 Å². The number of fused-ring (bicyclic) bond motifs is 1. The molecule has 1 fully saturated rings. The molecule has 1 heterocycles. The second-order valence-electron chi connectivity index (χ2n) is 5.52. The molecule has 0 atom stereocenters. The zero-order valence-corrected chi connectivity index (χ0v) is 14.1. The van der Waals surface area contributed by atoms with Crippen LogP contribution in [0.5, 0.6) is 5.75 Å². The van der Waals surface area contributed by atoms with Crippen molar-refractivity contribution >= 4 is 45.0 Å². The molecule has 0 spiro atoms. The van der Waals surface area contributed by atoms with E-state index in [1.807, 2.05) is 18.2 Å². The molecule has 1 aromatic carbocycles. The first-order chi connectivity index (χ1) is 10.1. The summed E-state index contributed by atoms with van der Waals surface area (Å²) < 4.78 is 6.18. The van der Waals surface area contributed by atoms with Crippen LogP contribution in [0.3, 0.4) is 0 Å². The molecule has 7 heteroatoms. The molecular weight excluding hydrogens is 322 g/mol. The summed E-state index contributed by atoms with van der Waals surface area (Å²) in [7, 11) is 1.63. The molecule has 22 heavy (non-hydrogen) atoms. The van der Waals surface area contributed by atoms with Gasteiger partial charge in [0.15, 0.2) is 5.13 Å². The summed E-state index contributed by atoms with van der Waals surface area (Å²) >= 11 is 1.44. The first kappa shape index (κ1) is 17.0. The number of methoxy groups -OCH3 is 1. The molecule has 3 rings (SSSR count). The molecule has 0 radical (unpaired) electrons. The third kappa shape index (κ3) is 3.34. The number of carbonyl (C=O) groups is 1. The number of rotatable bonds is 3. The molecule has 2 aromatic rings. The molecule has 0 bridgehead atoms. The van der Waals surface area contributed by atoms with E-state index in [1.165, 1.54) is 11.3 Å². The normalized spacial score (nSPS) is 16.8. The predicted octanol–water partition coefficient (Wildman–Crippen LogP) is 3.33. The molecule has 0 aliphatic heterocycles. The summed E-state index contributed by atoms with van der Waals surface area (Å²) in [5.74, 6) is 0.667. The molecule has 1 aliphatic carbocycles. The number of nitrogens with one attached hydrogen (secondary N) is 1. The highest BCUT2D eigenvalue weighted by Gasteiger charge is 2.35. The van der Waals surface area contributed by atoms with Crippen molar-refractivity contribution in [3.05, 3.63) is 18.2 Å². The van der Waals surface area contributed by atoms with E-state index in [1.54, 1.807) is 7.11 Å². The van der Waals surface area contributed by atoms with Gasteiger partial charge in [-0.25, -0.2) is 4.98 Å². The Morgan fingerprint density at radius 2 is 2.09 bits per heavy atom. The standard InChI is InChI=1S/C15H19N3O2S.ClH/c1-20-10-5-6-11-12(9-10)21-14(17-11)18-13(19)15(16)7-3-2-4-8-15;/h5-6,9H,2-4,7-8,16H2,1H3,(H,17,18,19);1H. The molecule has 1 saturated carbocycles. The fraction of sp³-hybridized carbons (Fsp3) is 0.467. The number of aromatic nitrogens is 1. The van der Waals surface area contributed by atoms with Crippen molar-refractivity contribution in [3.63, 3.8) is 0 Å². The minimum Gasteiger partial charge on any atom is -0.497 e. The van der Waals surface area contributed by atoms with Crippen molar-refractivity contribution in [2.24, 2.45) is 5.73 Å². The van der Waals surface area contributed by atoms with Crippen LogP contribution in [0.4, 0.5) is 5.13 Å². The van der Waals surface area contributed by atoms with Gasteiger partial charge in [-0.1, -0.05) is 30.6 Å². The van der Waals surface area contributed by atoms with Crippen LogP contribution < -0.4 is 15.8 Å². The van der Waals surface area contributed by atoms with Crippen LogP contribution in [0.2, 0.25) is 0 Å². The average molecular weight is 342 g/mol. The zero-order chi connectivity index (χ0) is 14.9. The minimum atomic E-state index is -0.742. The molecule has 5 nitrogen and oxygen atoms in total. The number of benzene rings is 1. The highest BCUT2D eigenvalue weighted by Crippen LogP contribution is 2.31. The number of anilines is 1. The molecule has 0 saturated heterocycles. The highest BCUT2D eigenvalue weighted by atomic mass is 35.5. The van der Waals surface area contributed by atoms with Crippen molar-refractivity contribution < 1.29 is 9.53 Å². The summed E-state index contributed by atoms with van der Waals surface area (Å²) in [6.07, 6.45) is 4.68. The van der Waals surface area contributed by atoms with E-state index in [4.69, 9.17) is 10.5 Å². The Bertz CT molecular complexity index is 668. The lowest BCUT2D eigenvalue weighted by atomic mass is 9.82. The lowest BCUT2D eigenvalue weighted by Crippen LogP contribution is -2.52. The van der Waals surface area contributed by atoms with E-state index in [0.29, 0.717) is 5.13 Å². The zero-order valence-electron chi connectivity index (χ0n) is 12.4. The smallest absolute Gasteiger partial charge is 0.246 e. The van der Waals surface area contributed by atoms with Gasteiger partial charge in [0, 0.05) is 0 Å². The van der Waals surface area contributed by atoms with E-state index in [0.717, 1.165) is 48.1 Å². The van der Waals surface area contributed by atoms with Gasteiger partial charge in [-0.2, -0.15) is 0 Å². The van der Waals surface area contributed by atoms with Gasteiger partial charge in [-0.05, 0) is 31.0 Å². The number of amides is 1. The van der Waals surface area contributed by atoms with Crippen molar-refractivity contribution in [3.8, 4) is 5.75 Å². The molecule has 3 N–H and O–H groups in total. The minimum absolute atomic E-state index is 0. The Kier molecular flexibility index (Phi) is 5.26. The SMILES string of the molecule is COc1ccc2nc(NC(=O)C3(N)CCCCC3)sc2c1.Cl. The molecule has 0 unspecified atom stereocenters. The van der Waals surface area contributed by atoms with Crippen LogP contribution in [-0.4, -0.2) is 23.5 Å². The number of hydrogen-bond acceptors (Lipinski definition) is 5. The summed E-state index contributed by atoms with van der Waals surface area (Å²) in [6.45, 7) is 0. The van der Waals surface area contributed by atoms with E-state index in [-0.39, 0.29) is 18.3 Å². The average Bonchev–Trinajstić information content (AvgIpc) is 2.89. The van der Waals surface area contributed by atoms with Crippen LogP contribution in [0.15, 0.2) is 18.2 Å². The maximum absolute atomic E-state index is 12.4. The number of ether oxygens (including phenoxy) is 1. The number of nitrogens with two attached hydrogens (primary N) is 1. The first-order valence-corrected chi connectivity index (χ1v) is 7.97. The van der Waals surface area contributed by atoms with E-state index in [2.05, 4.69) is 10.3 Å². The largest absolute Gasteiger partial charge is 0.497 e. The number of thiazole rings is 1. The Morgan fingerprint density at radius 3 is 2.77 bits per heavy atom. The quantitative estimate of drug-likeness (QED) is 0.897. The Labute approximate surface area is 139 Å².